The lowest BCUT2D eigenvalue weighted by atomic mass is 9.75. The molecule has 3 atom stereocenters. The molecule has 0 spiro atoms. The van der Waals surface area contributed by atoms with Crippen molar-refractivity contribution in [3.05, 3.63) is 47.3 Å². The summed E-state index contributed by atoms with van der Waals surface area (Å²) in [6.45, 7) is 0.778. The Balaban J connectivity index is 1.78. The van der Waals surface area contributed by atoms with Crippen LogP contribution in [0, 0.1) is 11.8 Å². The third kappa shape index (κ3) is 1.61. The first-order valence-electron chi connectivity index (χ1n) is 6.97. The van der Waals surface area contributed by atoms with Crippen LogP contribution in [-0.4, -0.2) is 18.7 Å². The summed E-state index contributed by atoms with van der Waals surface area (Å²) in [5.74, 6) is 1.01. The molecule has 2 saturated heterocycles. The van der Waals surface area contributed by atoms with Crippen molar-refractivity contribution in [2.75, 3.05) is 6.61 Å². The minimum atomic E-state index is -0.137. The first-order chi connectivity index (χ1) is 9.34. The number of hydrogen-bond donors (Lipinski definition) is 0. The maximum Gasteiger partial charge on any atom is 0.314 e. The van der Waals surface area contributed by atoms with Crippen molar-refractivity contribution >= 4 is 5.97 Å². The second-order valence-corrected chi connectivity index (χ2v) is 5.48. The fourth-order valence-corrected chi connectivity index (χ4v) is 3.46. The van der Waals surface area contributed by atoms with Crippen LogP contribution >= 0.6 is 0 Å². The zero-order chi connectivity index (χ0) is 12.8. The van der Waals surface area contributed by atoms with Gasteiger partial charge in [0, 0.05) is 0 Å². The molecule has 0 aromatic carbocycles. The lowest BCUT2D eigenvalue weighted by molar-refractivity contribution is -0.156. The molecule has 0 bridgehead atoms. The molecule has 3 nitrogen and oxygen atoms in total. The zero-order valence-electron chi connectivity index (χ0n) is 10.7. The van der Waals surface area contributed by atoms with Gasteiger partial charge in [-0.2, -0.15) is 0 Å². The summed E-state index contributed by atoms with van der Waals surface area (Å²) in [4.78, 5) is 12.2. The SMILES string of the molecule is O=C1OC2C(=CC=C3OCCCC32)C2=CC=CCC12. The highest BCUT2D eigenvalue weighted by Gasteiger charge is 2.44. The highest BCUT2D eigenvalue weighted by Crippen LogP contribution is 2.44. The molecular weight excluding hydrogens is 240 g/mol. The van der Waals surface area contributed by atoms with E-state index in [9.17, 15) is 4.79 Å². The Morgan fingerprint density at radius 3 is 3.05 bits per heavy atom. The van der Waals surface area contributed by atoms with Crippen molar-refractivity contribution in [1.82, 2.24) is 0 Å². The molecule has 3 heteroatoms. The van der Waals surface area contributed by atoms with Gasteiger partial charge in [-0.25, -0.2) is 0 Å². The molecule has 98 valence electrons. The highest BCUT2D eigenvalue weighted by molar-refractivity contribution is 5.81. The number of carbonyl (C=O) groups excluding carboxylic acids is 1. The number of hydrogen-bond acceptors (Lipinski definition) is 3. The fraction of sp³-hybridized carbons (Fsp3) is 0.438. The smallest absolute Gasteiger partial charge is 0.314 e. The van der Waals surface area contributed by atoms with Crippen LogP contribution in [0.3, 0.4) is 0 Å². The highest BCUT2D eigenvalue weighted by atomic mass is 16.5. The Bertz CT molecular complexity index is 550. The number of carbonyl (C=O) groups is 1. The molecule has 0 N–H and O–H groups in total. The number of allylic oxidation sites excluding steroid dienone is 5. The van der Waals surface area contributed by atoms with Gasteiger partial charge in [-0.1, -0.05) is 24.3 Å². The van der Waals surface area contributed by atoms with Crippen LogP contribution in [0.1, 0.15) is 19.3 Å². The Morgan fingerprint density at radius 1 is 1.16 bits per heavy atom. The Labute approximate surface area is 112 Å². The summed E-state index contributed by atoms with van der Waals surface area (Å²) in [6.07, 6.45) is 13.0. The van der Waals surface area contributed by atoms with Crippen LogP contribution in [0.4, 0.5) is 0 Å². The summed E-state index contributed by atoms with van der Waals surface area (Å²) in [5.41, 5.74) is 2.32. The Hall–Kier alpha value is -1.77. The molecule has 0 radical (unpaired) electrons. The van der Waals surface area contributed by atoms with Crippen molar-refractivity contribution in [2.45, 2.75) is 25.4 Å². The van der Waals surface area contributed by atoms with E-state index in [1.165, 1.54) is 5.57 Å². The summed E-state index contributed by atoms with van der Waals surface area (Å²) in [7, 11) is 0. The largest absolute Gasteiger partial charge is 0.497 e. The number of esters is 1. The molecule has 2 heterocycles. The predicted octanol–water partition coefficient (Wildman–Crippen LogP) is 2.66. The molecule has 0 aromatic rings. The second kappa shape index (κ2) is 4.12. The summed E-state index contributed by atoms with van der Waals surface area (Å²) in [6, 6.07) is 0. The van der Waals surface area contributed by atoms with Crippen LogP contribution < -0.4 is 0 Å². The van der Waals surface area contributed by atoms with E-state index in [1.807, 2.05) is 12.2 Å². The average Bonchev–Trinajstić information content (AvgIpc) is 2.47. The molecule has 0 saturated carbocycles. The van der Waals surface area contributed by atoms with Gasteiger partial charge in [0.15, 0.2) is 0 Å². The molecule has 2 fully saturated rings. The first kappa shape index (κ1) is 11.1. The number of fused-ring (bicyclic) bond motifs is 5. The van der Waals surface area contributed by atoms with E-state index in [4.69, 9.17) is 9.47 Å². The molecule has 0 aromatic heterocycles. The summed E-state index contributed by atoms with van der Waals surface area (Å²) < 4.78 is 11.4. The molecule has 3 unspecified atom stereocenters. The third-order valence-electron chi connectivity index (χ3n) is 4.41. The van der Waals surface area contributed by atoms with Gasteiger partial charge >= 0.3 is 5.97 Å². The third-order valence-corrected chi connectivity index (χ3v) is 4.41. The van der Waals surface area contributed by atoms with Gasteiger partial charge in [-0.3, -0.25) is 4.79 Å². The van der Waals surface area contributed by atoms with Crippen molar-refractivity contribution in [2.24, 2.45) is 11.8 Å². The van der Waals surface area contributed by atoms with Crippen LogP contribution in [0.15, 0.2) is 47.3 Å². The van der Waals surface area contributed by atoms with Gasteiger partial charge in [0.25, 0.3) is 0 Å². The van der Waals surface area contributed by atoms with E-state index in [0.29, 0.717) is 0 Å². The van der Waals surface area contributed by atoms with Crippen molar-refractivity contribution in [1.29, 1.82) is 0 Å². The van der Waals surface area contributed by atoms with Crippen LogP contribution in [0.2, 0.25) is 0 Å². The zero-order valence-corrected chi connectivity index (χ0v) is 10.7. The van der Waals surface area contributed by atoms with Crippen molar-refractivity contribution in [3.8, 4) is 0 Å². The standard InChI is InChI=1S/C16H16O3/c17-16-12-5-2-1-4-10(12)11-7-8-14-13(15(11)19-16)6-3-9-18-14/h1-2,4,7-8,12-13,15H,3,5-6,9H2. The maximum atomic E-state index is 12.2. The van der Waals surface area contributed by atoms with Gasteiger partial charge < -0.3 is 9.47 Å². The molecule has 4 aliphatic rings. The van der Waals surface area contributed by atoms with Gasteiger partial charge in [0.1, 0.15) is 11.9 Å². The molecule has 2 aliphatic heterocycles. The number of rotatable bonds is 0. The quantitative estimate of drug-likeness (QED) is 0.625. The normalized spacial score (nSPS) is 35.7. The van der Waals surface area contributed by atoms with E-state index < -0.39 is 0 Å². The Kier molecular flexibility index (Phi) is 2.40. The lowest BCUT2D eigenvalue weighted by Gasteiger charge is -2.41. The molecule has 0 amide bonds. The minimum Gasteiger partial charge on any atom is -0.497 e. The van der Waals surface area contributed by atoms with E-state index in [0.717, 1.165) is 37.2 Å². The molecular formula is C16H16O3. The van der Waals surface area contributed by atoms with Gasteiger partial charge in [0.2, 0.25) is 0 Å². The van der Waals surface area contributed by atoms with Crippen LogP contribution in [0.25, 0.3) is 0 Å². The van der Waals surface area contributed by atoms with E-state index >= 15 is 0 Å². The van der Waals surface area contributed by atoms with Crippen LogP contribution in [-0.2, 0) is 14.3 Å². The monoisotopic (exact) mass is 256 g/mol. The van der Waals surface area contributed by atoms with E-state index in [1.54, 1.807) is 0 Å². The summed E-state index contributed by atoms with van der Waals surface area (Å²) in [5, 5.41) is 0. The summed E-state index contributed by atoms with van der Waals surface area (Å²) >= 11 is 0. The van der Waals surface area contributed by atoms with Gasteiger partial charge in [-0.05, 0) is 36.5 Å². The molecule has 4 rings (SSSR count). The number of ether oxygens (including phenoxy) is 2. The molecule has 2 aliphatic carbocycles. The average molecular weight is 256 g/mol. The topological polar surface area (TPSA) is 35.5 Å². The van der Waals surface area contributed by atoms with Gasteiger partial charge in [0.05, 0.1) is 18.4 Å². The van der Waals surface area contributed by atoms with Gasteiger partial charge in [-0.15, -0.1) is 0 Å². The fourth-order valence-electron chi connectivity index (χ4n) is 3.46. The van der Waals surface area contributed by atoms with Crippen molar-refractivity contribution < 1.29 is 14.3 Å². The first-order valence-corrected chi connectivity index (χ1v) is 6.97. The van der Waals surface area contributed by atoms with E-state index in [2.05, 4.69) is 18.2 Å². The predicted molar refractivity (Wildman–Crippen MR) is 70.1 cm³/mol. The van der Waals surface area contributed by atoms with E-state index in [-0.39, 0.29) is 23.9 Å². The maximum absolute atomic E-state index is 12.2. The lowest BCUT2D eigenvalue weighted by Crippen LogP contribution is -2.42. The Morgan fingerprint density at radius 2 is 2.11 bits per heavy atom. The van der Waals surface area contributed by atoms with Crippen molar-refractivity contribution in [3.63, 3.8) is 0 Å². The molecule has 19 heavy (non-hydrogen) atoms. The second-order valence-electron chi connectivity index (χ2n) is 5.48. The van der Waals surface area contributed by atoms with Crippen LogP contribution in [0.5, 0.6) is 0 Å². The minimum absolute atomic E-state index is 0.0791.